The molecule has 0 fully saturated rings. The van der Waals surface area contributed by atoms with Crippen molar-refractivity contribution in [2.75, 3.05) is 18.5 Å². The van der Waals surface area contributed by atoms with Crippen LogP contribution in [0.5, 0.6) is 0 Å². The van der Waals surface area contributed by atoms with Crippen LogP contribution in [0.3, 0.4) is 0 Å². The number of nitrogens with one attached hydrogen (secondary N) is 1. The second kappa shape index (κ2) is 7.10. The van der Waals surface area contributed by atoms with E-state index in [-0.39, 0.29) is 18.7 Å². The van der Waals surface area contributed by atoms with Crippen molar-refractivity contribution in [3.05, 3.63) is 46.5 Å². The lowest BCUT2D eigenvalue weighted by molar-refractivity contribution is 0.177. The Morgan fingerprint density at radius 2 is 2.30 bits per heavy atom. The summed E-state index contributed by atoms with van der Waals surface area (Å²) >= 11 is 1.43. The molecule has 5 nitrogen and oxygen atoms in total. The van der Waals surface area contributed by atoms with Crippen LogP contribution in [0.15, 0.2) is 29.6 Å². The quantitative estimate of drug-likeness (QED) is 0.883. The van der Waals surface area contributed by atoms with Crippen molar-refractivity contribution >= 4 is 22.5 Å². The predicted octanol–water partition coefficient (Wildman–Crippen LogP) is 3.36. The SMILES string of the molecule is Cc1csc(NC(=O)N(CCCO)C2CCc3ccccc32)n1. The number of hydrogen-bond acceptors (Lipinski definition) is 4. The van der Waals surface area contributed by atoms with Gasteiger partial charge in [0.1, 0.15) is 0 Å². The number of amides is 2. The Bertz CT molecular complexity index is 686. The molecule has 1 atom stereocenters. The zero-order valence-corrected chi connectivity index (χ0v) is 14.0. The number of anilines is 1. The minimum atomic E-state index is -0.144. The number of rotatable bonds is 5. The first-order chi connectivity index (χ1) is 11.2. The van der Waals surface area contributed by atoms with Crippen molar-refractivity contribution in [2.24, 2.45) is 0 Å². The van der Waals surface area contributed by atoms with Gasteiger partial charge in [-0.05, 0) is 37.3 Å². The Balaban J connectivity index is 1.79. The summed E-state index contributed by atoms with van der Waals surface area (Å²) in [5.41, 5.74) is 3.43. The molecule has 0 saturated heterocycles. The first kappa shape index (κ1) is 16.0. The average molecular weight is 331 g/mol. The first-order valence-corrected chi connectivity index (χ1v) is 8.75. The third-order valence-corrected chi connectivity index (χ3v) is 5.00. The molecular weight excluding hydrogens is 310 g/mol. The highest BCUT2D eigenvalue weighted by molar-refractivity contribution is 7.13. The Labute approximate surface area is 140 Å². The minimum Gasteiger partial charge on any atom is -0.396 e. The molecular formula is C17H21N3O2S. The summed E-state index contributed by atoms with van der Waals surface area (Å²) in [5.74, 6) is 0. The number of aliphatic hydroxyl groups excluding tert-OH is 1. The van der Waals surface area contributed by atoms with Crippen LogP contribution in [0.1, 0.15) is 35.7 Å². The molecule has 1 aromatic heterocycles. The maximum atomic E-state index is 12.7. The number of thiazole rings is 1. The topological polar surface area (TPSA) is 65.5 Å². The molecule has 0 bridgehead atoms. The van der Waals surface area contributed by atoms with Crippen LogP contribution in [0.25, 0.3) is 0 Å². The van der Waals surface area contributed by atoms with Crippen LogP contribution >= 0.6 is 11.3 Å². The van der Waals surface area contributed by atoms with Crippen LogP contribution in [0.2, 0.25) is 0 Å². The van der Waals surface area contributed by atoms with Gasteiger partial charge in [0, 0.05) is 18.5 Å². The van der Waals surface area contributed by atoms with Crippen molar-refractivity contribution in [3.63, 3.8) is 0 Å². The Hall–Kier alpha value is -1.92. The van der Waals surface area contributed by atoms with Gasteiger partial charge in [-0.25, -0.2) is 9.78 Å². The molecule has 1 aliphatic carbocycles. The molecule has 3 rings (SSSR count). The van der Waals surface area contributed by atoms with E-state index in [1.54, 1.807) is 0 Å². The fourth-order valence-electron chi connectivity index (χ4n) is 3.07. The van der Waals surface area contributed by atoms with E-state index in [1.807, 2.05) is 29.3 Å². The summed E-state index contributed by atoms with van der Waals surface area (Å²) in [6.07, 6.45) is 2.48. The van der Waals surface area contributed by atoms with Gasteiger partial charge in [-0.2, -0.15) is 0 Å². The van der Waals surface area contributed by atoms with E-state index in [0.29, 0.717) is 18.1 Å². The molecule has 23 heavy (non-hydrogen) atoms. The molecule has 0 saturated carbocycles. The maximum Gasteiger partial charge on any atom is 0.324 e. The van der Waals surface area contributed by atoms with E-state index in [9.17, 15) is 4.79 Å². The molecule has 0 spiro atoms. The van der Waals surface area contributed by atoms with Gasteiger partial charge in [0.2, 0.25) is 0 Å². The molecule has 0 aliphatic heterocycles. The largest absolute Gasteiger partial charge is 0.396 e. The van der Waals surface area contributed by atoms with Gasteiger partial charge in [-0.15, -0.1) is 11.3 Å². The molecule has 2 N–H and O–H groups in total. The lowest BCUT2D eigenvalue weighted by Crippen LogP contribution is -2.38. The van der Waals surface area contributed by atoms with Crippen LogP contribution in [-0.4, -0.2) is 34.2 Å². The van der Waals surface area contributed by atoms with Crippen LogP contribution in [-0.2, 0) is 6.42 Å². The van der Waals surface area contributed by atoms with Gasteiger partial charge in [-0.1, -0.05) is 24.3 Å². The highest BCUT2D eigenvalue weighted by atomic mass is 32.1. The van der Waals surface area contributed by atoms with Crippen molar-refractivity contribution in [2.45, 2.75) is 32.2 Å². The van der Waals surface area contributed by atoms with Crippen molar-refractivity contribution in [1.82, 2.24) is 9.88 Å². The summed E-state index contributed by atoms with van der Waals surface area (Å²) in [6.45, 7) is 2.52. The van der Waals surface area contributed by atoms with Crippen molar-refractivity contribution in [1.29, 1.82) is 0 Å². The molecule has 6 heteroatoms. The Morgan fingerprint density at radius 3 is 3.04 bits per heavy atom. The van der Waals surface area contributed by atoms with Crippen LogP contribution in [0, 0.1) is 6.92 Å². The number of aryl methyl sites for hydroxylation is 2. The maximum absolute atomic E-state index is 12.7. The molecule has 0 radical (unpaired) electrons. The second-order valence-electron chi connectivity index (χ2n) is 5.75. The molecule has 1 aliphatic rings. The zero-order valence-electron chi connectivity index (χ0n) is 13.2. The lowest BCUT2D eigenvalue weighted by Gasteiger charge is -2.29. The highest BCUT2D eigenvalue weighted by Crippen LogP contribution is 2.36. The fourth-order valence-corrected chi connectivity index (χ4v) is 3.75. The summed E-state index contributed by atoms with van der Waals surface area (Å²) in [7, 11) is 0. The van der Waals surface area contributed by atoms with Gasteiger partial charge < -0.3 is 10.0 Å². The van der Waals surface area contributed by atoms with E-state index >= 15 is 0 Å². The fraction of sp³-hybridized carbons (Fsp3) is 0.412. The molecule has 1 heterocycles. The van der Waals surface area contributed by atoms with Gasteiger partial charge in [-0.3, -0.25) is 5.32 Å². The molecule has 2 amide bonds. The summed E-state index contributed by atoms with van der Waals surface area (Å²) in [6, 6.07) is 8.20. The van der Waals surface area contributed by atoms with Gasteiger partial charge >= 0.3 is 6.03 Å². The molecule has 1 unspecified atom stereocenters. The number of urea groups is 1. The number of carbonyl (C=O) groups is 1. The van der Waals surface area contributed by atoms with Crippen molar-refractivity contribution < 1.29 is 9.90 Å². The van der Waals surface area contributed by atoms with Gasteiger partial charge in [0.25, 0.3) is 0 Å². The monoisotopic (exact) mass is 331 g/mol. The first-order valence-electron chi connectivity index (χ1n) is 7.87. The number of fused-ring (bicyclic) bond motifs is 1. The predicted molar refractivity (Wildman–Crippen MR) is 91.8 cm³/mol. The highest BCUT2D eigenvalue weighted by Gasteiger charge is 2.30. The average Bonchev–Trinajstić information content (AvgIpc) is 3.15. The number of hydrogen-bond donors (Lipinski definition) is 2. The van der Waals surface area contributed by atoms with E-state index in [1.165, 1.54) is 22.5 Å². The lowest BCUT2D eigenvalue weighted by atomic mass is 10.1. The van der Waals surface area contributed by atoms with Crippen LogP contribution < -0.4 is 5.32 Å². The Kier molecular flexibility index (Phi) is 4.93. The summed E-state index contributed by atoms with van der Waals surface area (Å²) in [5, 5.41) is 14.6. The normalized spacial score (nSPS) is 16.2. The third-order valence-electron chi connectivity index (χ3n) is 4.13. The van der Waals surface area contributed by atoms with E-state index in [0.717, 1.165) is 18.5 Å². The summed E-state index contributed by atoms with van der Waals surface area (Å²) in [4.78, 5) is 18.9. The molecule has 122 valence electrons. The molecule has 1 aromatic carbocycles. The standard InChI is InChI=1S/C17H21N3O2S/c1-12-11-23-16(18-12)19-17(22)20(9-4-10-21)15-8-7-13-5-2-3-6-14(13)15/h2-3,5-6,11,15,21H,4,7-10H2,1H3,(H,18,19,22). The van der Waals surface area contributed by atoms with Crippen LogP contribution in [0.4, 0.5) is 9.93 Å². The number of nitrogens with zero attached hydrogens (tertiary/aromatic N) is 2. The smallest absolute Gasteiger partial charge is 0.324 e. The zero-order chi connectivity index (χ0) is 16.2. The number of aliphatic hydroxyl groups is 1. The Morgan fingerprint density at radius 1 is 1.48 bits per heavy atom. The number of aromatic nitrogens is 1. The number of benzene rings is 1. The van der Waals surface area contributed by atoms with Gasteiger partial charge in [0.15, 0.2) is 5.13 Å². The van der Waals surface area contributed by atoms with Gasteiger partial charge in [0.05, 0.1) is 11.7 Å². The number of carbonyl (C=O) groups excluding carboxylic acids is 1. The third kappa shape index (κ3) is 3.54. The molecule has 2 aromatic rings. The van der Waals surface area contributed by atoms with Crippen molar-refractivity contribution in [3.8, 4) is 0 Å². The second-order valence-corrected chi connectivity index (χ2v) is 6.61. The van der Waals surface area contributed by atoms with E-state index in [4.69, 9.17) is 5.11 Å². The minimum absolute atomic E-state index is 0.0683. The van der Waals surface area contributed by atoms with E-state index < -0.39 is 0 Å². The van der Waals surface area contributed by atoms with E-state index in [2.05, 4.69) is 22.4 Å². The summed E-state index contributed by atoms with van der Waals surface area (Å²) < 4.78 is 0.